The summed E-state index contributed by atoms with van der Waals surface area (Å²) < 4.78 is 16.3. The molecule has 122 valence electrons. The third-order valence-electron chi connectivity index (χ3n) is 1.24. The Bertz CT molecular complexity index is 308. The Labute approximate surface area is 115 Å². The van der Waals surface area contributed by atoms with Crippen LogP contribution in [0.2, 0.25) is 19.6 Å². The average Bonchev–Trinajstić information content (AvgIpc) is 1.86. The first-order valence-corrected chi connectivity index (χ1v) is 10.2. The molecule has 0 aromatic heterocycles. The van der Waals surface area contributed by atoms with Crippen molar-refractivity contribution < 1.29 is 58.6 Å². The van der Waals surface area contributed by atoms with Crippen LogP contribution in [0.5, 0.6) is 0 Å². The van der Waals surface area contributed by atoms with Crippen LogP contribution in [0.4, 0.5) is 0 Å². The Balaban J connectivity index is 5.06. The minimum atomic E-state index is -4.46. The maximum absolute atomic E-state index is 9.69. The lowest BCUT2D eigenvalue weighted by molar-refractivity contribution is -0.640. The lowest BCUT2D eigenvalue weighted by Gasteiger charge is -2.36. The minimum absolute atomic E-state index is 0.762. The third kappa shape index (κ3) is 9.79. The first kappa shape index (κ1) is 20.0. The van der Waals surface area contributed by atoms with Crippen LogP contribution < -0.4 is 0 Å². The van der Waals surface area contributed by atoms with Gasteiger partial charge in [0.25, 0.3) is 0 Å². The van der Waals surface area contributed by atoms with Crippen molar-refractivity contribution >= 4 is 17.8 Å². The van der Waals surface area contributed by atoms with Crippen molar-refractivity contribution in [2.45, 2.75) is 38.1 Å². The normalized spacial score (nSPS) is 17.4. The molecule has 14 heteroatoms. The van der Waals surface area contributed by atoms with E-state index in [0.717, 1.165) is 6.55 Å². The van der Waals surface area contributed by atoms with E-state index in [0.29, 0.717) is 0 Å². The van der Waals surface area contributed by atoms with Crippen molar-refractivity contribution in [2.24, 2.45) is 0 Å². The Kier molecular flexibility index (Phi) is 6.36. The maximum atomic E-state index is 9.69. The second-order valence-electron chi connectivity index (χ2n) is 4.05. The zero-order chi connectivity index (χ0) is 16.4. The van der Waals surface area contributed by atoms with E-state index in [1.54, 1.807) is 0 Å². The van der Waals surface area contributed by atoms with Gasteiger partial charge in [-0.25, -0.2) is 9.47 Å². The van der Waals surface area contributed by atoms with E-state index in [1.165, 1.54) is 13.1 Å². The maximum Gasteiger partial charge on any atom is 0.497 e. The fraction of sp³-hybridized carbons (Fsp3) is 1.00. The second-order valence-corrected chi connectivity index (χ2v) is 8.46. The fourth-order valence-electron chi connectivity index (χ4n) is 0.978. The van der Waals surface area contributed by atoms with Gasteiger partial charge in [-0.3, -0.25) is 4.43 Å². The molecule has 8 N–H and O–H groups in total. The Morgan fingerprint density at radius 3 is 1.65 bits per heavy atom. The van der Waals surface area contributed by atoms with Crippen LogP contribution >= 0.6 is 0 Å². The zero-order valence-corrected chi connectivity index (χ0v) is 12.9. The van der Waals surface area contributed by atoms with Crippen LogP contribution in [-0.2, 0) is 18.3 Å². The molecule has 0 aliphatic carbocycles. The van der Waals surface area contributed by atoms with Crippen molar-refractivity contribution in [3.63, 3.8) is 0 Å². The van der Waals surface area contributed by atoms with E-state index in [2.05, 4.69) is 18.3 Å². The van der Waals surface area contributed by atoms with Crippen molar-refractivity contribution in [3.05, 3.63) is 0 Å². The summed E-state index contributed by atoms with van der Waals surface area (Å²) in [7, 11) is -6.65. The van der Waals surface area contributed by atoms with Gasteiger partial charge in [0.15, 0.2) is 9.04 Å². The molecule has 0 saturated carbocycles. The molecule has 0 saturated heterocycles. The van der Waals surface area contributed by atoms with E-state index in [4.69, 9.17) is 35.1 Å². The predicted octanol–water partition coefficient (Wildman–Crippen LogP) is -4.62. The van der Waals surface area contributed by atoms with Crippen LogP contribution in [0, 0.1) is 0 Å². The van der Waals surface area contributed by atoms with Crippen molar-refractivity contribution in [1.29, 1.82) is 0 Å². The molecule has 1 atom stereocenters. The van der Waals surface area contributed by atoms with Gasteiger partial charge < -0.3 is 44.7 Å². The minimum Gasteiger partial charge on any atom is -0.390 e. The average molecular weight is 338 g/mol. The third-order valence-corrected chi connectivity index (χ3v) is 2.65. The molecule has 12 nitrogen and oxygen atoms in total. The summed E-state index contributed by atoms with van der Waals surface area (Å²) in [5.41, 5.74) is 0. The van der Waals surface area contributed by atoms with E-state index < -0.39 is 36.3 Å². The van der Waals surface area contributed by atoms with E-state index in [1.807, 2.05) is 0 Å². The highest BCUT2D eigenvalue weighted by atomic mass is 28.4. The zero-order valence-electron chi connectivity index (χ0n) is 10.8. The summed E-state index contributed by atoms with van der Waals surface area (Å²) in [4.78, 5) is 18.2. The van der Waals surface area contributed by atoms with Gasteiger partial charge in [-0.1, -0.05) is 0 Å². The molecule has 0 aromatic carbocycles. The van der Waals surface area contributed by atoms with Crippen molar-refractivity contribution in [3.8, 4) is 0 Å². The second kappa shape index (κ2) is 6.38. The first-order chi connectivity index (χ1) is 8.54. The molecule has 20 heavy (non-hydrogen) atoms. The molecule has 0 spiro atoms. The number of rotatable bonds is 8. The smallest absolute Gasteiger partial charge is 0.390 e. The molecule has 0 amide bonds. The van der Waals surface area contributed by atoms with Gasteiger partial charge >= 0.3 is 27.3 Å². The molecule has 0 radical (unpaired) electrons. The van der Waals surface area contributed by atoms with Gasteiger partial charge in [-0.2, -0.15) is 0 Å². The molecule has 0 fully saturated rings. The number of hydrogen-bond acceptors (Lipinski definition) is 12. The molecule has 0 heterocycles. The lowest BCUT2D eigenvalue weighted by atomic mass is 10.9. The monoisotopic (exact) mass is 338 g/mol. The number of aliphatic hydroxyl groups is 6. The molecule has 0 aromatic rings. The lowest BCUT2D eigenvalue weighted by Crippen LogP contribution is -2.58. The Hall–Kier alpha value is -0.0462. The summed E-state index contributed by atoms with van der Waals surface area (Å²) in [6, 6.07) is 0. The van der Waals surface area contributed by atoms with E-state index in [-0.39, 0.29) is 0 Å². The highest BCUT2D eigenvalue weighted by Crippen LogP contribution is 2.24. The van der Waals surface area contributed by atoms with Gasteiger partial charge in [-0.15, -0.1) is 0 Å². The van der Waals surface area contributed by atoms with Gasteiger partial charge in [0, 0.05) is 6.55 Å². The molecule has 0 bridgehead atoms. The molecular weight excluding hydrogens is 320 g/mol. The van der Waals surface area contributed by atoms with Crippen LogP contribution in [-0.4, -0.2) is 76.6 Å². The molecule has 0 aliphatic rings. The molecular formula is C6H18O12Si2. The van der Waals surface area contributed by atoms with Gasteiger partial charge in [0.2, 0.25) is 0 Å². The summed E-state index contributed by atoms with van der Waals surface area (Å²) >= 11 is 0. The Morgan fingerprint density at radius 2 is 1.35 bits per heavy atom. The highest BCUT2D eigenvalue weighted by molar-refractivity contribution is 6.56. The molecule has 0 aliphatic heterocycles. The van der Waals surface area contributed by atoms with Gasteiger partial charge in [0.05, 0.1) is 0 Å². The molecule has 1 unspecified atom stereocenters. The van der Waals surface area contributed by atoms with Crippen molar-refractivity contribution in [2.75, 3.05) is 0 Å². The number of hydrogen-bond donors (Lipinski definition) is 8. The largest absolute Gasteiger partial charge is 0.497 e. The predicted molar refractivity (Wildman–Crippen MR) is 60.8 cm³/mol. The SMILES string of the molecule is C[SiH](C)OC(O)(OC(O)(O)OC(O)(O)O)O[Si](C)(O)O. The number of ether oxygens (including phenoxy) is 2. The van der Waals surface area contributed by atoms with E-state index in [9.17, 15) is 5.11 Å². The van der Waals surface area contributed by atoms with Crippen LogP contribution in [0.1, 0.15) is 0 Å². The fourth-order valence-corrected chi connectivity index (χ4v) is 2.34. The van der Waals surface area contributed by atoms with Gasteiger partial charge in [-0.05, 0) is 13.1 Å². The first-order valence-electron chi connectivity index (χ1n) is 5.11. The van der Waals surface area contributed by atoms with E-state index >= 15 is 0 Å². The van der Waals surface area contributed by atoms with Gasteiger partial charge in [0.1, 0.15) is 0 Å². The highest BCUT2D eigenvalue weighted by Gasteiger charge is 2.51. The Morgan fingerprint density at radius 1 is 0.900 bits per heavy atom. The summed E-state index contributed by atoms with van der Waals surface area (Å²) in [6.45, 7) is 3.70. The van der Waals surface area contributed by atoms with Crippen LogP contribution in [0.15, 0.2) is 0 Å². The van der Waals surface area contributed by atoms with Crippen LogP contribution in [0.3, 0.4) is 0 Å². The summed E-state index contributed by atoms with van der Waals surface area (Å²) in [5, 5.41) is 53.1. The quantitative estimate of drug-likeness (QED) is 0.156. The standard InChI is InChI=1S/C6H18O12Si2/c1-19(2)17-6(12,18-20(3,13)14)16-5(10,11)15-4(7,8)9/h7-14,19H,1-3H3. The van der Waals surface area contributed by atoms with Crippen molar-refractivity contribution in [1.82, 2.24) is 0 Å². The summed E-state index contributed by atoms with van der Waals surface area (Å²) in [6.07, 6.45) is -11.4. The van der Waals surface area contributed by atoms with Crippen LogP contribution in [0.25, 0.3) is 0 Å². The summed E-state index contributed by atoms with van der Waals surface area (Å²) in [5.74, 6) is 0. The topological polar surface area (TPSA) is 199 Å². The molecule has 0 rings (SSSR count).